The molecule has 0 aliphatic carbocycles. The molecular weight excluding hydrogens is 323 g/mol. The molecule has 4 nitrogen and oxygen atoms in total. The van der Waals surface area contributed by atoms with Crippen LogP contribution in [0.25, 0.3) is 0 Å². The van der Waals surface area contributed by atoms with Crippen molar-refractivity contribution in [3.8, 4) is 0 Å². The lowest BCUT2D eigenvalue weighted by atomic mass is 10.1. The maximum atomic E-state index is 13.2. The van der Waals surface area contributed by atoms with Crippen LogP contribution in [0.4, 0.5) is 4.39 Å². The van der Waals surface area contributed by atoms with E-state index in [0.29, 0.717) is 13.1 Å². The van der Waals surface area contributed by atoms with Crippen molar-refractivity contribution in [1.82, 2.24) is 20.1 Å². The molecule has 0 aliphatic heterocycles. The molecule has 1 N–H and O–H groups in total. The van der Waals surface area contributed by atoms with Gasteiger partial charge in [0, 0.05) is 10.0 Å². The number of benzene rings is 1. The molecular formula is C14H18BrFN4. The summed E-state index contributed by atoms with van der Waals surface area (Å²) >= 11 is 3.41. The van der Waals surface area contributed by atoms with Crippen LogP contribution >= 0.6 is 15.9 Å². The monoisotopic (exact) mass is 340 g/mol. The standard InChI is InChI=1S/C14H18BrFN4/c1-14(2,3)18-7-13-17-9-20(19-13)8-10-6-11(16)4-5-12(10)15/h4-6,9,18H,7-8H2,1-3H3. The summed E-state index contributed by atoms with van der Waals surface area (Å²) in [4.78, 5) is 4.25. The lowest BCUT2D eigenvalue weighted by Gasteiger charge is -2.19. The molecule has 20 heavy (non-hydrogen) atoms. The summed E-state index contributed by atoms with van der Waals surface area (Å²) in [6.07, 6.45) is 1.66. The van der Waals surface area contributed by atoms with Gasteiger partial charge in [0.25, 0.3) is 0 Å². The largest absolute Gasteiger partial charge is 0.305 e. The van der Waals surface area contributed by atoms with Gasteiger partial charge in [0.2, 0.25) is 0 Å². The maximum Gasteiger partial charge on any atom is 0.164 e. The van der Waals surface area contributed by atoms with E-state index in [1.807, 2.05) is 0 Å². The quantitative estimate of drug-likeness (QED) is 0.929. The second-order valence-corrected chi connectivity index (χ2v) is 6.55. The molecule has 0 bridgehead atoms. The van der Waals surface area contributed by atoms with E-state index in [0.717, 1.165) is 15.9 Å². The second-order valence-electron chi connectivity index (χ2n) is 5.70. The Bertz CT molecular complexity index is 589. The zero-order valence-electron chi connectivity index (χ0n) is 11.8. The fourth-order valence-corrected chi connectivity index (χ4v) is 2.05. The summed E-state index contributed by atoms with van der Waals surface area (Å²) in [6, 6.07) is 4.62. The molecule has 0 spiro atoms. The Morgan fingerprint density at radius 1 is 1.35 bits per heavy atom. The van der Waals surface area contributed by atoms with Crippen molar-refractivity contribution in [2.24, 2.45) is 0 Å². The number of nitrogens with one attached hydrogen (secondary N) is 1. The molecule has 108 valence electrons. The van der Waals surface area contributed by atoms with Gasteiger partial charge < -0.3 is 5.32 Å². The van der Waals surface area contributed by atoms with Gasteiger partial charge in [-0.1, -0.05) is 15.9 Å². The summed E-state index contributed by atoms with van der Waals surface area (Å²) in [5.74, 6) is 0.477. The van der Waals surface area contributed by atoms with E-state index in [2.05, 4.69) is 52.1 Å². The van der Waals surface area contributed by atoms with Gasteiger partial charge in [0.1, 0.15) is 12.1 Å². The normalized spacial score (nSPS) is 11.8. The van der Waals surface area contributed by atoms with Gasteiger partial charge in [0.05, 0.1) is 13.1 Å². The first kappa shape index (κ1) is 15.1. The predicted molar refractivity (Wildman–Crippen MR) is 79.8 cm³/mol. The fourth-order valence-electron chi connectivity index (χ4n) is 1.67. The van der Waals surface area contributed by atoms with E-state index >= 15 is 0 Å². The van der Waals surface area contributed by atoms with Crippen molar-refractivity contribution in [2.75, 3.05) is 0 Å². The molecule has 0 unspecified atom stereocenters. The number of rotatable bonds is 4. The van der Waals surface area contributed by atoms with Crippen LogP contribution in [0, 0.1) is 5.82 Å². The number of halogens is 2. The number of hydrogen-bond donors (Lipinski definition) is 1. The van der Waals surface area contributed by atoms with Crippen LogP contribution in [0.3, 0.4) is 0 Å². The van der Waals surface area contributed by atoms with E-state index in [1.165, 1.54) is 12.1 Å². The van der Waals surface area contributed by atoms with Crippen LogP contribution < -0.4 is 5.32 Å². The van der Waals surface area contributed by atoms with E-state index < -0.39 is 0 Å². The average molecular weight is 341 g/mol. The Hall–Kier alpha value is -1.27. The highest BCUT2D eigenvalue weighted by molar-refractivity contribution is 9.10. The third-order valence-electron chi connectivity index (χ3n) is 2.70. The molecule has 2 aromatic rings. The lowest BCUT2D eigenvalue weighted by molar-refractivity contribution is 0.417. The highest BCUT2D eigenvalue weighted by atomic mass is 79.9. The Labute approximate surface area is 126 Å². The number of nitrogens with zero attached hydrogens (tertiary/aromatic N) is 3. The average Bonchev–Trinajstić information content (AvgIpc) is 2.78. The van der Waals surface area contributed by atoms with Crippen LogP contribution in [0.2, 0.25) is 0 Å². The van der Waals surface area contributed by atoms with Crippen LogP contribution in [-0.2, 0) is 13.1 Å². The first-order valence-corrected chi connectivity index (χ1v) is 7.20. The van der Waals surface area contributed by atoms with Gasteiger partial charge in [-0.05, 0) is 44.5 Å². The Balaban J connectivity index is 2.04. The van der Waals surface area contributed by atoms with Crippen LogP contribution in [0.15, 0.2) is 29.0 Å². The van der Waals surface area contributed by atoms with E-state index in [1.54, 1.807) is 17.1 Å². The van der Waals surface area contributed by atoms with Crippen molar-refractivity contribution in [3.63, 3.8) is 0 Å². The molecule has 0 saturated heterocycles. The van der Waals surface area contributed by atoms with E-state index in [9.17, 15) is 4.39 Å². The van der Waals surface area contributed by atoms with Gasteiger partial charge in [0.15, 0.2) is 5.82 Å². The van der Waals surface area contributed by atoms with Crippen LogP contribution in [0.1, 0.15) is 32.2 Å². The second kappa shape index (κ2) is 6.01. The summed E-state index contributed by atoms with van der Waals surface area (Å²) < 4.78 is 15.8. The van der Waals surface area contributed by atoms with Crippen LogP contribution in [-0.4, -0.2) is 20.3 Å². The van der Waals surface area contributed by atoms with Gasteiger partial charge in [-0.3, -0.25) is 0 Å². The first-order chi connectivity index (χ1) is 9.33. The van der Waals surface area contributed by atoms with Crippen molar-refractivity contribution < 1.29 is 4.39 Å². The first-order valence-electron chi connectivity index (χ1n) is 6.41. The summed E-state index contributed by atoms with van der Waals surface area (Å²) in [5, 5.41) is 7.71. The number of aromatic nitrogens is 3. The Morgan fingerprint density at radius 2 is 2.10 bits per heavy atom. The van der Waals surface area contributed by atoms with E-state index in [4.69, 9.17) is 0 Å². The maximum absolute atomic E-state index is 13.2. The molecule has 0 fully saturated rings. The smallest absolute Gasteiger partial charge is 0.164 e. The third-order valence-corrected chi connectivity index (χ3v) is 3.47. The third kappa shape index (κ3) is 4.38. The zero-order valence-corrected chi connectivity index (χ0v) is 13.4. The molecule has 2 rings (SSSR count). The molecule has 0 radical (unpaired) electrons. The minimum absolute atomic E-state index is 0.0248. The Morgan fingerprint density at radius 3 is 2.80 bits per heavy atom. The van der Waals surface area contributed by atoms with E-state index in [-0.39, 0.29) is 11.4 Å². The molecule has 1 aromatic carbocycles. The van der Waals surface area contributed by atoms with Gasteiger partial charge in [-0.25, -0.2) is 14.1 Å². The summed E-state index contributed by atoms with van der Waals surface area (Å²) in [6.45, 7) is 7.37. The van der Waals surface area contributed by atoms with Gasteiger partial charge >= 0.3 is 0 Å². The molecule has 1 heterocycles. The molecule has 1 aromatic heterocycles. The Kier molecular flexibility index (Phi) is 4.55. The molecule has 0 saturated carbocycles. The SMILES string of the molecule is CC(C)(C)NCc1ncn(Cc2cc(F)ccc2Br)n1. The zero-order chi connectivity index (χ0) is 14.8. The van der Waals surface area contributed by atoms with Crippen molar-refractivity contribution in [1.29, 1.82) is 0 Å². The topological polar surface area (TPSA) is 42.7 Å². The molecule has 6 heteroatoms. The van der Waals surface area contributed by atoms with Gasteiger partial charge in [-0.2, -0.15) is 5.10 Å². The highest BCUT2D eigenvalue weighted by Crippen LogP contribution is 2.18. The fraction of sp³-hybridized carbons (Fsp3) is 0.429. The van der Waals surface area contributed by atoms with Gasteiger partial charge in [-0.15, -0.1) is 0 Å². The van der Waals surface area contributed by atoms with Crippen molar-refractivity contribution >= 4 is 15.9 Å². The summed E-state index contributed by atoms with van der Waals surface area (Å²) in [7, 11) is 0. The highest BCUT2D eigenvalue weighted by Gasteiger charge is 2.11. The molecule has 0 aliphatic rings. The lowest BCUT2D eigenvalue weighted by Crippen LogP contribution is -2.35. The minimum Gasteiger partial charge on any atom is -0.305 e. The number of hydrogen-bond acceptors (Lipinski definition) is 3. The minimum atomic E-state index is -0.252. The van der Waals surface area contributed by atoms with Crippen molar-refractivity contribution in [3.05, 3.63) is 46.2 Å². The molecule has 0 amide bonds. The summed E-state index contributed by atoms with van der Waals surface area (Å²) in [5.41, 5.74) is 0.863. The predicted octanol–water partition coefficient (Wildman–Crippen LogP) is 3.12. The van der Waals surface area contributed by atoms with Crippen LogP contribution in [0.5, 0.6) is 0 Å². The van der Waals surface area contributed by atoms with Crippen molar-refractivity contribution in [2.45, 2.75) is 39.4 Å². The molecule has 0 atom stereocenters.